The average molecular weight is 521 g/mol. The smallest absolute Gasteiger partial charge is 0.219 e. The van der Waals surface area contributed by atoms with Gasteiger partial charge in [-0.3, -0.25) is 9.48 Å². The largest absolute Gasteiger partial charge is 0.381 e. The number of fused-ring (bicyclic) bond motifs is 6. The summed E-state index contributed by atoms with van der Waals surface area (Å²) < 4.78 is 7.94. The summed E-state index contributed by atoms with van der Waals surface area (Å²) in [5.41, 5.74) is 16.0. The Labute approximate surface area is 230 Å². The lowest BCUT2D eigenvalue weighted by Crippen LogP contribution is -2.35. The minimum atomic E-state index is 0.126. The van der Waals surface area contributed by atoms with Crippen LogP contribution in [0.2, 0.25) is 0 Å². The molecule has 0 radical (unpaired) electrons. The Bertz CT molecular complexity index is 1480. The van der Waals surface area contributed by atoms with Crippen molar-refractivity contribution in [1.29, 1.82) is 0 Å². The fraction of sp³-hybridized carbons (Fsp3) is 0.424. The minimum Gasteiger partial charge on any atom is -0.381 e. The van der Waals surface area contributed by atoms with Gasteiger partial charge in [0.05, 0.1) is 11.7 Å². The van der Waals surface area contributed by atoms with Crippen LogP contribution in [-0.4, -0.2) is 58.3 Å². The zero-order valence-corrected chi connectivity index (χ0v) is 23.0. The molecule has 8 rings (SSSR count). The lowest BCUT2D eigenvalue weighted by molar-refractivity contribution is -0.129. The van der Waals surface area contributed by atoms with Gasteiger partial charge in [-0.15, -0.1) is 5.73 Å². The standard InChI is InChI=1S/C33H36N4O2/c1-22-6-7-28-26(20-32(22)35-13-8-24-18-25(19-24)9-14-35)4-3-5-29(28)33-30-21-36(23(2)38)15-10-31(30)37(34-33)27-11-16-39-17-12-27/h3-5,7,18-20,27H,8-17,21H2,1-2H3. The molecular formula is C33H36N4O2. The number of hydrogen-bond acceptors (Lipinski definition) is 4. The molecule has 200 valence electrons. The number of carbonyl (C=O) groups excluding carboxylic acids is 1. The summed E-state index contributed by atoms with van der Waals surface area (Å²) in [7, 11) is 0. The monoisotopic (exact) mass is 520 g/mol. The highest BCUT2D eigenvalue weighted by molar-refractivity contribution is 5.84. The number of benzene rings is 1. The second kappa shape index (κ2) is 9.86. The Morgan fingerprint density at radius 2 is 1.79 bits per heavy atom. The van der Waals surface area contributed by atoms with Crippen LogP contribution in [-0.2, 0) is 22.5 Å². The normalized spacial score (nSPS) is 20.9. The van der Waals surface area contributed by atoms with Gasteiger partial charge in [-0.1, -0.05) is 30.4 Å². The molecule has 0 unspecified atom stereocenters. The van der Waals surface area contributed by atoms with E-state index in [0.29, 0.717) is 12.6 Å². The number of nitrogens with zero attached hydrogens (tertiary/aromatic N) is 4. The first-order chi connectivity index (χ1) is 19.0. The number of carbonyl (C=O) groups is 1. The molecule has 2 bridgehead atoms. The molecule has 4 aliphatic heterocycles. The van der Waals surface area contributed by atoms with Crippen molar-refractivity contribution < 1.29 is 9.53 Å². The van der Waals surface area contributed by atoms with Crippen molar-refractivity contribution in [3.8, 4) is 11.3 Å². The second-order valence-corrected chi connectivity index (χ2v) is 11.4. The minimum absolute atomic E-state index is 0.126. The number of hydrogen-bond donors (Lipinski definition) is 0. The van der Waals surface area contributed by atoms with Gasteiger partial charge in [-0.05, 0) is 67.0 Å². The highest BCUT2D eigenvalue weighted by Gasteiger charge is 2.31. The number of rotatable bonds is 3. The Balaban J connectivity index is 1.31. The molecule has 1 aromatic heterocycles. The number of aromatic nitrogens is 2. The van der Waals surface area contributed by atoms with Crippen LogP contribution in [0.3, 0.4) is 0 Å². The van der Waals surface area contributed by atoms with Crippen molar-refractivity contribution in [2.45, 2.75) is 58.5 Å². The van der Waals surface area contributed by atoms with Gasteiger partial charge < -0.3 is 14.5 Å². The highest BCUT2D eigenvalue weighted by Crippen LogP contribution is 2.38. The predicted octanol–water partition coefficient (Wildman–Crippen LogP) is 5.68. The third-order valence-corrected chi connectivity index (χ3v) is 9.00. The van der Waals surface area contributed by atoms with E-state index in [4.69, 9.17) is 9.84 Å². The van der Waals surface area contributed by atoms with Crippen molar-refractivity contribution >= 4 is 18.1 Å². The van der Waals surface area contributed by atoms with Crippen LogP contribution in [0.1, 0.15) is 68.0 Å². The molecule has 2 aliphatic carbocycles. The average Bonchev–Trinajstić information content (AvgIpc) is 3.20. The molecule has 0 saturated carbocycles. The van der Waals surface area contributed by atoms with E-state index >= 15 is 0 Å². The van der Waals surface area contributed by atoms with Gasteiger partial charge in [-0.2, -0.15) is 5.10 Å². The van der Waals surface area contributed by atoms with Gasteiger partial charge in [0.25, 0.3) is 0 Å². The summed E-state index contributed by atoms with van der Waals surface area (Å²) in [6.45, 7) is 8.83. The molecule has 2 aromatic rings. The van der Waals surface area contributed by atoms with E-state index in [0.717, 1.165) is 81.8 Å². The molecule has 0 spiro atoms. The quantitative estimate of drug-likeness (QED) is 0.489. The predicted molar refractivity (Wildman–Crippen MR) is 154 cm³/mol. The van der Waals surface area contributed by atoms with Gasteiger partial charge >= 0.3 is 0 Å². The SMILES string of the molecule is CC(=O)N1CCc2c(c(-c3cccc4c3C=C=C(C)C(N3CCC5=CC(=C5)CC3)=C4)nn2C2CCOCC2)C1. The topological polar surface area (TPSA) is 50.6 Å². The third kappa shape index (κ3) is 4.42. The Kier molecular flexibility index (Phi) is 6.18. The first-order valence-corrected chi connectivity index (χ1v) is 14.4. The van der Waals surface area contributed by atoms with Crippen LogP contribution in [0.25, 0.3) is 23.4 Å². The van der Waals surface area contributed by atoms with E-state index in [2.05, 4.69) is 64.7 Å². The Morgan fingerprint density at radius 1 is 1.03 bits per heavy atom. The maximum absolute atomic E-state index is 12.4. The Morgan fingerprint density at radius 3 is 2.54 bits per heavy atom. The third-order valence-electron chi connectivity index (χ3n) is 9.00. The van der Waals surface area contributed by atoms with Crippen LogP contribution in [0, 0.1) is 0 Å². The molecule has 6 nitrogen and oxygen atoms in total. The lowest BCUT2D eigenvalue weighted by Gasteiger charge is -2.32. The molecule has 0 N–H and O–H groups in total. The van der Waals surface area contributed by atoms with Crippen molar-refractivity contribution in [1.82, 2.24) is 19.6 Å². The molecule has 0 atom stereocenters. The summed E-state index contributed by atoms with van der Waals surface area (Å²) in [4.78, 5) is 16.9. The summed E-state index contributed by atoms with van der Waals surface area (Å²) in [5.74, 6) is 0.126. The molecule has 1 amide bonds. The molecule has 1 saturated heterocycles. The molecule has 6 heteroatoms. The van der Waals surface area contributed by atoms with E-state index in [1.807, 2.05) is 4.90 Å². The highest BCUT2D eigenvalue weighted by atomic mass is 16.5. The molecule has 1 aromatic carbocycles. The zero-order valence-electron chi connectivity index (χ0n) is 23.0. The van der Waals surface area contributed by atoms with Crippen molar-refractivity contribution in [3.05, 3.63) is 80.9 Å². The maximum atomic E-state index is 12.4. The number of amides is 1. The fourth-order valence-electron chi connectivity index (χ4n) is 6.71. The van der Waals surface area contributed by atoms with E-state index in [1.165, 1.54) is 39.2 Å². The summed E-state index contributed by atoms with van der Waals surface area (Å²) >= 11 is 0. The molecular weight excluding hydrogens is 484 g/mol. The maximum Gasteiger partial charge on any atom is 0.219 e. The van der Waals surface area contributed by atoms with Crippen LogP contribution < -0.4 is 0 Å². The first-order valence-electron chi connectivity index (χ1n) is 14.4. The van der Waals surface area contributed by atoms with Crippen LogP contribution in [0.4, 0.5) is 0 Å². The van der Waals surface area contributed by atoms with Gasteiger partial charge in [0.1, 0.15) is 0 Å². The van der Waals surface area contributed by atoms with Crippen LogP contribution >= 0.6 is 0 Å². The summed E-state index contributed by atoms with van der Waals surface area (Å²) in [5, 5.41) is 5.31. The summed E-state index contributed by atoms with van der Waals surface area (Å²) in [6.07, 6.45) is 14.2. The molecule has 39 heavy (non-hydrogen) atoms. The molecule has 1 fully saturated rings. The first kappa shape index (κ1) is 24.4. The second-order valence-electron chi connectivity index (χ2n) is 11.4. The summed E-state index contributed by atoms with van der Waals surface area (Å²) in [6, 6.07) is 6.91. The van der Waals surface area contributed by atoms with Crippen molar-refractivity contribution in [2.24, 2.45) is 0 Å². The van der Waals surface area contributed by atoms with Gasteiger partial charge in [0.2, 0.25) is 5.91 Å². The van der Waals surface area contributed by atoms with E-state index < -0.39 is 0 Å². The zero-order chi connectivity index (χ0) is 26.5. The number of allylic oxidation sites excluding steroid dienone is 3. The van der Waals surface area contributed by atoms with Crippen LogP contribution in [0.15, 0.2) is 58.5 Å². The van der Waals surface area contributed by atoms with E-state index in [-0.39, 0.29) is 5.91 Å². The lowest BCUT2D eigenvalue weighted by atomic mass is 9.91. The van der Waals surface area contributed by atoms with Crippen molar-refractivity contribution in [2.75, 3.05) is 32.8 Å². The number of ether oxygens (including phenoxy) is 1. The van der Waals surface area contributed by atoms with E-state index in [9.17, 15) is 4.79 Å². The molecule has 6 aliphatic rings. The van der Waals surface area contributed by atoms with E-state index in [1.54, 1.807) is 6.92 Å². The fourth-order valence-corrected chi connectivity index (χ4v) is 6.71. The molecule has 5 heterocycles. The van der Waals surface area contributed by atoms with Crippen molar-refractivity contribution in [3.63, 3.8) is 0 Å². The van der Waals surface area contributed by atoms with Crippen LogP contribution in [0.5, 0.6) is 0 Å². The Hall–Kier alpha value is -3.60. The van der Waals surface area contributed by atoms with Gasteiger partial charge in [0, 0.05) is 80.8 Å². The van der Waals surface area contributed by atoms with Gasteiger partial charge in [-0.25, -0.2) is 0 Å². The van der Waals surface area contributed by atoms with Gasteiger partial charge in [0.15, 0.2) is 0 Å².